The van der Waals surface area contributed by atoms with Crippen LogP contribution in [-0.2, 0) is 6.17 Å². The van der Waals surface area contributed by atoms with Gasteiger partial charge in [-0.2, -0.15) is 0 Å². The smallest absolute Gasteiger partial charge is 0.212 e. The summed E-state index contributed by atoms with van der Waals surface area (Å²) in [4.78, 5) is 4.18. The Labute approximate surface area is 216 Å². The van der Waals surface area contributed by atoms with Gasteiger partial charge < -0.3 is 4.57 Å². The van der Waals surface area contributed by atoms with Gasteiger partial charge in [0.2, 0.25) is 6.71 Å². The molecule has 0 aliphatic heterocycles. The maximum absolute atomic E-state index is 4.18. The largest absolute Gasteiger partial charge is 0.340 e. The predicted octanol–water partition coefficient (Wildman–Crippen LogP) is 4.77. The zero-order valence-electron chi connectivity index (χ0n) is 20.9. The van der Waals surface area contributed by atoms with Gasteiger partial charge in [-0.05, 0) is 0 Å². The average molecular weight is 485 g/mol. The van der Waals surface area contributed by atoms with Gasteiger partial charge in [-0.15, -0.1) is 0 Å². The molecule has 0 atom stereocenters. The Morgan fingerprint density at radius 1 is 0.694 bits per heavy atom. The van der Waals surface area contributed by atoms with E-state index in [1.54, 1.807) is 0 Å². The van der Waals surface area contributed by atoms with E-state index in [0.29, 0.717) is 6.71 Å². The first-order chi connectivity index (χ1) is 17.7. The fraction of sp³-hybridized carbons (Fsp3) is 0.156. The quantitative estimate of drug-likeness (QED) is 0.304. The molecule has 178 valence electrons. The molecule has 0 radical (unpaired) electrons. The van der Waals surface area contributed by atoms with Crippen molar-refractivity contribution >= 4 is 36.1 Å². The lowest BCUT2D eigenvalue weighted by Crippen LogP contribution is -2.58. The van der Waals surface area contributed by atoms with Crippen LogP contribution in [0.3, 0.4) is 0 Å². The van der Waals surface area contributed by atoms with Crippen LogP contribution in [0.15, 0.2) is 140 Å². The third-order valence-electron chi connectivity index (χ3n) is 7.29. The number of aromatic nitrogens is 2. The molecule has 6 rings (SSSR count). The minimum absolute atomic E-state index is 0.613. The Hall–Kier alpha value is -3.63. The van der Waals surface area contributed by atoms with Crippen LogP contribution in [0.2, 0.25) is 12.4 Å². The molecule has 1 aromatic heterocycles. The number of hydrogen-bond donors (Lipinski definition) is 0. The lowest BCUT2D eigenvalue weighted by atomic mass is 9.37. The van der Waals surface area contributed by atoms with E-state index in [4.69, 9.17) is 0 Å². The van der Waals surface area contributed by atoms with E-state index >= 15 is 0 Å². The molecule has 4 aromatic carbocycles. The van der Waals surface area contributed by atoms with E-state index in [1.165, 1.54) is 34.1 Å². The fourth-order valence-corrected chi connectivity index (χ4v) is 8.67. The van der Waals surface area contributed by atoms with E-state index < -0.39 is 8.07 Å². The lowest BCUT2D eigenvalue weighted by Gasteiger charge is -2.29. The van der Waals surface area contributed by atoms with Gasteiger partial charge in [-0.3, -0.25) is 0 Å². The van der Waals surface area contributed by atoms with Crippen molar-refractivity contribution in [3.63, 3.8) is 0 Å². The lowest BCUT2D eigenvalue weighted by molar-refractivity contribution is 0.858. The maximum atomic E-state index is 4.18. The minimum Gasteiger partial charge on any atom is -0.340 e. The van der Waals surface area contributed by atoms with Gasteiger partial charge >= 0.3 is 0 Å². The summed E-state index contributed by atoms with van der Waals surface area (Å²) >= 11 is 0. The number of nitrogens with zero attached hydrogens (tertiary/aromatic N) is 2. The monoisotopic (exact) mass is 484 g/mol. The minimum atomic E-state index is -1.78. The third-order valence-corrected chi connectivity index (χ3v) is 11.5. The molecular weight excluding hydrogens is 451 g/mol. The number of benzene rings is 4. The van der Waals surface area contributed by atoms with Gasteiger partial charge in [0.05, 0.1) is 6.33 Å². The summed E-state index contributed by atoms with van der Waals surface area (Å²) in [7, 11) is -1.78. The molecule has 0 amide bonds. The molecule has 1 heterocycles. The summed E-state index contributed by atoms with van der Waals surface area (Å²) < 4.78 is 2.20. The van der Waals surface area contributed by atoms with Crippen LogP contribution in [-0.4, -0.2) is 24.3 Å². The predicted molar refractivity (Wildman–Crippen MR) is 157 cm³/mol. The molecule has 0 bridgehead atoms. The van der Waals surface area contributed by atoms with Crippen molar-refractivity contribution in [3.05, 3.63) is 140 Å². The van der Waals surface area contributed by atoms with Gasteiger partial charge in [-0.1, -0.05) is 168 Å². The highest BCUT2D eigenvalue weighted by Gasteiger charge is 2.36. The van der Waals surface area contributed by atoms with Crippen molar-refractivity contribution < 1.29 is 0 Å². The zero-order chi connectivity index (χ0) is 24.6. The van der Waals surface area contributed by atoms with E-state index in [9.17, 15) is 0 Å². The first-order valence-electron chi connectivity index (χ1n) is 12.9. The summed E-state index contributed by atoms with van der Waals surface area (Å²) in [5.41, 5.74) is 2.94. The van der Waals surface area contributed by atoms with Crippen molar-refractivity contribution in [2.24, 2.45) is 0 Å². The highest BCUT2D eigenvalue weighted by molar-refractivity contribution is 7.00. The topological polar surface area (TPSA) is 17.8 Å². The number of hydrogen-bond acceptors (Lipinski definition) is 1. The fourth-order valence-electron chi connectivity index (χ4n) is 5.19. The van der Waals surface area contributed by atoms with Crippen LogP contribution in [0.25, 0.3) is 0 Å². The van der Waals surface area contributed by atoms with Crippen molar-refractivity contribution in [2.75, 3.05) is 0 Å². The number of imidazole rings is 1. The molecule has 0 N–H and O–H groups in total. The highest BCUT2D eigenvalue weighted by atomic mass is 28.3. The Balaban J connectivity index is 0.000000152. The van der Waals surface area contributed by atoms with Crippen molar-refractivity contribution in [3.8, 4) is 0 Å². The van der Waals surface area contributed by atoms with Gasteiger partial charge in [-0.25, -0.2) is 4.98 Å². The van der Waals surface area contributed by atoms with Gasteiger partial charge in [0.25, 0.3) is 0 Å². The molecule has 1 saturated carbocycles. The number of rotatable bonds is 7. The Morgan fingerprint density at radius 3 is 1.53 bits per heavy atom. The van der Waals surface area contributed by atoms with Gasteiger partial charge in [0, 0.05) is 18.6 Å². The molecule has 0 spiro atoms. The first-order valence-corrected chi connectivity index (χ1v) is 15.6. The van der Waals surface area contributed by atoms with E-state index in [-0.39, 0.29) is 0 Å². The molecule has 0 unspecified atom stereocenters. The molecule has 4 heteroatoms. The summed E-state index contributed by atoms with van der Waals surface area (Å²) in [5, 5.41) is 2.92. The standard InChI is InChI=1S/C17H18N2Si.C15H15B/c1-20(15-19-13-12-18-14-19,16-8-4-2-5-9-16)17-10-6-3-7-11-17;1-3-7-13(8-4-1)16(15-11-12-15)14-9-5-2-6-10-14/h2-14H,15H2,1H3;1-10,15H,11-12H2. The molecular formula is C32H33BN2Si. The van der Waals surface area contributed by atoms with Crippen molar-refractivity contribution in [2.45, 2.75) is 31.4 Å². The molecule has 1 fully saturated rings. The van der Waals surface area contributed by atoms with E-state index in [1.807, 2.05) is 12.5 Å². The molecule has 1 aliphatic carbocycles. The van der Waals surface area contributed by atoms with Gasteiger partial charge in [0.15, 0.2) is 0 Å². The zero-order valence-corrected chi connectivity index (χ0v) is 21.9. The van der Waals surface area contributed by atoms with Crippen LogP contribution in [0.4, 0.5) is 0 Å². The summed E-state index contributed by atoms with van der Waals surface area (Å²) in [6.07, 6.45) is 9.60. The van der Waals surface area contributed by atoms with Gasteiger partial charge in [0.1, 0.15) is 8.07 Å². The second kappa shape index (κ2) is 11.4. The Morgan fingerprint density at radius 2 is 1.14 bits per heavy atom. The van der Waals surface area contributed by atoms with Crippen LogP contribution in [0, 0.1) is 0 Å². The Bertz CT molecular complexity index is 1230. The summed E-state index contributed by atoms with van der Waals surface area (Å²) in [5.74, 6) is 0.866. The SMILES string of the molecule is C[Si](Cn1ccnc1)(c1ccccc1)c1ccccc1.c1ccc(B(c2ccccc2)C2CC2)cc1. The summed E-state index contributed by atoms with van der Waals surface area (Å²) in [6, 6.07) is 43.6. The highest BCUT2D eigenvalue weighted by Crippen LogP contribution is 2.38. The first kappa shape index (κ1) is 24.1. The van der Waals surface area contributed by atoms with Crippen molar-refractivity contribution in [1.29, 1.82) is 0 Å². The Kier molecular flexibility index (Phi) is 7.63. The van der Waals surface area contributed by atoms with Crippen LogP contribution >= 0.6 is 0 Å². The maximum Gasteiger partial charge on any atom is 0.212 e. The van der Waals surface area contributed by atoms with Crippen LogP contribution in [0.1, 0.15) is 12.8 Å². The molecule has 0 saturated heterocycles. The van der Waals surface area contributed by atoms with E-state index in [0.717, 1.165) is 12.0 Å². The molecule has 2 nitrogen and oxygen atoms in total. The van der Waals surface area contributed by atoms with E-state index in [2.05, 4.69) is 144 Å². The summed E-state index contributed by atoms with van der Waals surface area (Å²) in [6.45, 7) is 3.04. The molecule has 5 aromatic rings. The second-order valence-corrected chi connectivity index (χ2v) is 14.1. The average Bonchev–Trinajstić information content (AvgIpc) is 3.65. The van der Waals surface area contributed by atoms with Crippen LogP contribution < -0.4 is 21.3 Å². The molecule has 36 heavy (non-hydrogen) atoms. The molecule has 1 aliphatic rings. The second-order valence-electron chi connectivity index (χ2n) is 9.94. The normalized spacial score (nSPS) is 12.9. The third kappa shape index (κ3) is 5.77. The van der Waals surface area contributed by atoms with Crippen molar-refractivity contribution in [1.82, 2.24) is 9.55 Å². The van der Waals surface area contributed by atoms with Crippen LogP contribution in [0.5, 0.6) is 0 Å².